The van der Waals surface area contributed by atoms with Gasteiger partial charge < -0.3 is 10.4 Å². The van der Waals surface area contributed by atoms with Gasteiger partial charge in [0, 0.05) is 12.7 Å². The van der Waals surface area contributed by atoms with Crippen LogP contribution in [0.1, 0.15) is 25.0 Å². The maximum Gasteiger partial charge on any atom is 0.0787 e. The third-order valence-electron chi connectivity index (χ3n) is 1.97. The molecule has 1 rings (SSSR count). The standard InChI is InChI=1S/C10H15NO/c1-3-10(12)8-4-6-9(11-2)7-5-8/h4-7,10-12H,3H2,1-2H3/t10-/m0/s1. The topological polar surface area (TPSA) is 32.3 Å². The molecule has 0 bridgehead atoms. The Kier molecular flexibility index (Phi) is 3.11. The predicted octanol–water partition coefficient (Wildman–Crippen LogP) is 2.17. The van der Waals surface area contributed by atoms with Crippen molar-refractivity contribution in [2.24, 2.45) is 0 Å². The second-order valence-corrected chi connectivity index (χ2v) is 2.80. The maximum absolute atomic E-state index is 9.47. The molecule has 0 aliphatic carbocycles. The number of benzene rings is 1. The number of aliphatic hydroxyl groups is 1. The van der Waals surface area contributed by atoms with E-state index in [0.29, 0.717) is 0 Å². The van der Waals surface area contributed by atoms with Crippen LogP contribution in [0.3, 0.4) is 0 Å². The Morgan fingerprint density at radius 3 is 2.33 bits per heavy atom. The van der Waals surface area contributed by atoms with E-state index < -0.39 is 0 Å². The summed E-state index contributed by atoms with van der Waals surface area (Å²) < 4.78 is 0. The van der Waals surface area contributed by atoms with Gasteiger partial charge >= 0.3 is 0 Å². The summed E-state index contributed by atoms with van der Waals surface area (Å²) in [6.45, 7) is 1.97. The van der Waals surface area contributed by atoms with Gasteiger partial charge in [-0.2, -0.15) is 0 Å². The number of hydrogen-bond acceptors (Lipinski definition) is 2. The van der Waals surface area contributed by atoms with Crippen LogP contribution in [0.15, 0.2) is 24.3 Å². The molecule has 0 heterocycles. The number of nitrogens with one attached hydrogen (secondary N) is 1. The molecule has 0 saturated heterocycles. The van der Waals surface area contributed by atoms with Crippen LogP contribution >= 0.6 is 0 Å². The Morgan fingerprint density at radius 1 is 1.33 bits per heavy atom. The highest BCUT2D eigenvalue weighted by molar-refractivity contribution is 5.44. The molecule has 0 unspecified atom stereocenters. The van der Waals surface area contributed by atoms with Crippen molar-refractivity contribution >= 4 is 5.69 Å². The van der Waals surface area contributed by atoms with Crippen molar-refractivity contribution < 1.29 is 5.11 Å². The van der Waals surface area contributed by atoms with Gasteiger partial charge in [-0.1, -0.05) is 19.1 Å². The monoisotopic (exact) mass is 165 g/mol. The average molecular weight is 165 g/mol. The Bertz CT molecular complexity index is 230. The molecule has 1 atom stereocenters. The van der Waals surface area contributed by atoms with Crippen molar-refractivity contribution in [3.8, 4) is 0 Å². The van der Waals surface area contributed by atoms with Crippen LogP contribution in [-0.4, -0.2) is 12.2 Å². The molecular weight excluding hydrogens is 150 g/mol. The van der Waals surface area contributed by atoms with Crippen molar-refractivity contribution in [3.63, 3.8) is 0 Å². The van der Waals surface area contributed by atoms with Crippen LogP contribution in [0.25, 0.3) is 0 Å². The molecular formula is C10H15NO. The lowest BCUT2D eigenvalue weighted by Crippen LogP contribution is -1.95. The van der Waals surface area contributed by atoms with E-state index >= 15 is 0 Å². The average Bonchev–Trinajstić information content (AvgIpc) is 2.17. The lowest BCUT2D eigenvalue weighted by Gasteiger charge is -2.08. The zero-order valence-corrected chi connectivity index (χ0v) is 7.54. The Hall–Kier alpha value is -1.02. The van der Waals surface area contributed by atoms with Crippen molar-refractivity contribution in [1.82, 2.24) is 0 Å². The minimum atomic E-state index is -0.323. The maximum atomic E-state index is 9.47. The molecule has 12 heavy (non-hydrogen) atoms. The van der Waals surface area contributed by atoms with E-state index in [9.17, 15) is 5.11 Å². The number of aliphatic hydroxyl groups excluding tert-OH is 1. The summed E-state index contributed by atoms with van der Waals surface area (Å²) in [6.07, 6.45) is 0.440. The number of hydrogen-bond donors (Lipinski definition) is 2. The molecule has 66 valence electrons. The summed E-state index contributed by atoms with van der Waals surface area (Å²) in [4.78, 5) is 0. The molecule has 0 amide bonds. The summed E-state index contributed by atoms with van der Waals surface area (Å²) in [7, 11) is 1.88. The molecule has 0 saturated carbocycles. The third-order valence-corrected chi connectivity index (χ3v) is 1.97. The lowest BCUT2D eigenvalue weighted by molar-refractivity contribution is 0.173. The van der Waals surface area contributed by atoms with Crippen molar-refractivity contribution in [1.29, 1.82) is 0 Å². The van der Waals surface area contributed by atoms with Gasteiger partial charge in [0.05, 0.1) is 6.10 Å². The van der Waals surface area contributed by atoms with E-state index in [4.69, 9.17) is 0 Å². The minimum absolute atomic E-state index is 0.323. The van der Waals surface area contributed by atoms with Crippen LogP contribution in [0.2, 0.25) is 0 Å². The molecule has 1 aromatic rings. The molecule has 0 spiro atoms. The first-order valence-corrected chi connectivity index (χ1v) is 4.23. The third kappa shape index (κ3) is 1.98. The summed E-state index contributed by atoms with van der Waals surface area (Å²) in [6, 6.07) is 7.82. The van der Waals surface area contributed by atoms with Gasteiger partial charge in [0.1, 0.15) is 0 Å². The second-order valence-electron chi connectivity index (χ2n) is 2.80. The summed E-state index contributed by atoms with van der Waals surface area (Å²) in [5.41, 5.74) is 2.05. The van der Waals surface area contributed by atoms with Gasteiger partial charge in [-0.15, -0.1) is 0 Å². The van der Waals surface area contributed by atoms with Crippen molar-refractivity contribution in [2.45, 2.75) is 19.4 Å². The normalized spacial score (nSPS) is 12.6. The summed E-state index contributed by atoms with van der Waals surface area (Å²) >= 11 is 0. The fourth-order valence-corrected chi connectivity index (χ4v) is 1.11. The zero-order valence-electron chi connectivity index (χ0n) is 7.54. The van der Waals surface area contributed by atoms with E-state index in [1.165, 1.54) is 0 Å². The predicted molar refractivity (Wildman–Crippen MR) is 51.2 cm³/mol. The number of rotatable bonds is 3. The molecule has 2 N–H and O–H groups in total. The fourth-order valence-electron chi connectivity index (χ4n) is 1.11. The largest absolute Gasteiger partial charge is 0.388 e. The molecule has 1 aromatic carbocycles. The molecule has 0 aliphatic rings. The first kappa shape index (κ1) is 9.07. The molecule has 0 aromatic heterocycles. The Morgan fingerprint density at radius 2 is 1.92 bits per heavy atom. The Labute approximate surface area is 73.2 Å². The van der Waals surface area contributed by atoms with Gasteiger partial charge in [-0.25, -0.2) is 0 Å². The van der Waals surface area contributed by atoms with E-state index in [-0.39, 0.29) is 6.10 Å². The van der Waals surface area contributed by atoms with Gasteiger partial charge in [0.15, 0.2) is 0 Å². The molecule has 2 heteroatoms. The van der Waals surface area contributed by atoms with Gasteiger partial charge in [0.25, 0.3) is 0 Å². The van der Waals surface area contributed by atoms with E-state index in [1.807, 2.05) is 38.2 Å². The SMILES string of the molecule is CC[C@H](O)c1ccc(NC)cc1. The van der Waals surface area contributed by atoms with Gasteiger partial charge in [0.2, 0.25) is 0 Å². The smallest absolute Gasteiger partial charge is 0.0787 e. The van der Waals surface area contributed by atoms with E-state index in [0.717, 1.165) is 17.7 Å². The van der Waals surface area contributed by atoms with Crippen LogP contribution in [-0.2, 0) is 0 Å². The highest BCUT2D eigenvalue weighted by atomic mass is 16.3. The molecule has 0 radical (unpaired) electrons. The first-order chi connectivity index (χ1) is 5.77. The highest BCUT2D eigenvalue weighted by Gasteiger charge is 2.02. The lowest BCUT2D eigenvalue weighted by atomic mass is 10.1. The van der Waals surface area contributed by atoms with Crippen molar-refractivity contribution in [3.05, 3.63) is 29.8 Å². The van der Waals surface area contributed by atoms with E-state index in [1.54, 1.807) is 0 Å². The molecule has 0 fully saturated rings. The van der Waals surface area contributed by atoms with Crippen LogP contribution in [0.4, 0.5) is 5.69 Å². The second kappa shape index (κ2) is 4.12. The van der Waals surface area contributed by atoms with E-state index in [2.05, 4.69) is 5.32 Å². The fraction of sp³-hybridized carbons (Fsp3) is 0.400. The summed E-state index contributed by atoms with van der Waals surface area (Å²) in [5, 5.41) is 12.5. The van der Waals surface area contributed by atoms with Crippen LogP contribution in [0.5, 0.6) is 0 Å². The highest BCUT2D eigenvalue weighted by Crippen LogP contribution is 2.17. The molecule has 2 nitrogen and oxygen atoms in total. The molecule has 0 aliphatic heterocycles. The Balaban J connectivity index is 2.77. The summed E-state index contributed by atoms with van der Waals surface area (Å²) in [5.74, 6) is 0. The van der Waals surface area contributed by atoms with Crippen LogP contribution < -0.4 is 5.32 Å². The van der Waals surface area contributed by atoms with Crippen molar-refractivity contribution in [2.75, 3.05) is 12.4 Å². The minimum Gasteiger partial charge on any atom is -0.388 e. The first-order valence-electron chi connectivity index (χ1n) is 4.23. The zero-order chi connectivity index (χ0) is 8.97. The quantitative estimate of drug-likeness (QED) is 0.719. The number of anilines is 1. The van der Waals surface area contributed by atoms with Gasteiger partial charge in [-0.3, -0.25) is 0 Å². The van der Waals surface area contributed by atoms with Gasteiger partial charge in [-0.05, 0) is 24.1 Å². The van der Waals surface area contributed by atoms with Crippen LogP contribution in [0, 0.1) is 0 Å².